The van der Waals surface area contributed by atoms with E-state index in [0.717, 1.165) is 26.8 Å². The molecule has 6 aliphatic carbocycles. The molecule has 0 spiro atoms. The van der Waals surface area contributed by atoms with Crippen LogP contribution in [0.5, 0.6) is 11.5 Å². The summed E-state index contributed by atoms with van der Waals surface area (Å²) in [6.45, 7) is 0.00602. The summed E-state index contributed by atoms with van der Waals surface area (Å²) in [4.78, 5) is 84.6. The van der Waals surface area contributed by atoms with Crippen LogP contribution in [0, 0.1) is 27.2 Å². The van der Waals surface area contributed by atoms with Crippen LogP contribution >= 0.6 is 22.6 Å². The van der Waals surface area contributed by atoms with E-state index in [1.807, 2.05) is 36.4 Å². The number of fused-ring (bicyclic) bond motifs is 6. The number of benzene rings is 5. The number of halogens is 4. The molecular weight excluding hydrogens is 1220 g/mol. The normalized spacial score (nSPS) is 25.3. The van der Waals surface area contributed by atoms with Gasteiger partial charge in [-0.3, -0.25) is 38.6 Å². The first kappa shape index (κ1) is 60.0. The van der Waals surface area contributed by atoms with Crippen molar-refractivity contribution in [3.05, 3.63) is 186 Å². The Morgan fingerprint density at radius 3 is 1.39 bits per heavy atom. The first-order valence-corrected chi connectivity index (χ1v) is 28.0. The quantitative estimate of drug-likeness (QED) is 0.0396. The van der Waals surface area contributed by atoms with E-state index in [1.165, 1.54) is 30.3 Å². The number of aliphatic hydroxyl groups is 4. The number of phenols is 2. The lowest BCUT2D eigenvalue weighted by Gasteiger charge is -2.50. The number of hydrogen-bond donors (Lipinski definition) is 8. The van der Waals surface area contributed by atoms with Gasteiger partial charge in [0.05, 0.1) is 28.8 Å². The Balaban J connectivity index is 0.000000193. The SMILES string of the molecule is CN(C)[C@@H]1C(OCc2ccccc2)=C(C(N)=O)C(=O)[C@@]2(O)C(=O)C3=C(O)c4c(O)ccc(-c5ccc(C(F)(F)F)cc5)c4C[C@H]3C[C@@H]12.CN(C)[C@@H]1C(OCc2ccccc2)=C(C(N)=O)C(=O)[C@@]2(O)C(=O)C3=C(O)c4c(O)ccc(I)c4C[C@H]3C[C@@H]12. The van der Waals surface area contributed by atoms with E-state index in [-0.39, 0.29) is 72.0 Å². The van der Waals surface area contributed by atoms with Crippen LogP contribution in [0.25, 0.3) is 22.6 Å². The minimum atomic E-state index is -4.55. The van der Waals surface area contributed by atoms with Gasteiger partial charge in [0.15, 0.2) is 11.2 Å². The topological polar surface area (TPSA) is 301 Å². The highest BCUT2D eigenvalue weighted by atomic mass is 127. The van der Waals surface area contributed by atoms with Gasteiger partial charge < -0.3 is 51.6 Å². The van der Waals surface area contributed by atoms with Crippen molar-refractivity contribution in [1.82, 2.24) is 9.80 Å². The molecule has 0 radical (unpaired) electrons. The smallest absolute Gasteiger partial charge is 0.416 e. The minimum Gasteiger partial charge on any atom is -0.507 e. The van der Waals surface area contributed by atoms with E-state index in [1.54, 1.807) is 68.3 Å². The number of rotatable bonds is 11. The Morgan fingerprint density at radius 1 is 0.588 bits per heavy atom. The Hall–Kier alpha value is -8.16. The molecule has 2 amide bonds. The Kier molecular flexibility index (Phi) is 15.8. The lowest BCUT2D eigenvalue weighted by atomic mass is 9.57. The number of nitrogens with zero attached hydrogens (tertiary/aromatic N) is 2. The minimum absolute atomic E-state index is 0.0129. The van der Waals surface area contributed by atoms with E-state index in [4.69, 9.17) is 20.9 Å². The second-order valence-corrected chi connectivity index (χ2v) is 23.6. The summed E-state index contributed by atoms with van der Waals surface area (Å²) in [6.07, 6.45) is -4.08. The van der Waals surface area contributed by atoms with Gasteiger partial charge in [-0.05, 0) is 152 Å². The predicted molar refractivity (Wildman–Crippen MR) is 309 cm³/mol. The number of carbonyl (C=O) groups excluding carboxylic acids is 6. The Labute approximate surface area is 498 Å². The molecule has 2 fully saturated rings. The van der Waals surface area contributed by atoms with Gasteiger partial charge in [-0.1, -0.05) is 78.9 Å². The molecule has 6 aliphatic rings. The van der Waals surface area contributed by atoms with Crippen molar-refractivity contribution in [2.45, 2.75) is 68.4 Å². The second kappa shape index (κ2) is 22.4. The van der Waals surface area contributed by atoms with Crippen molar-refractivity contribution < 1.29 is 82.1 Å². The molecule has 0 saturated heterocycles. The van der Waals surface area contributed by atoms with Gasteiger partial charge in [0, 0.05) is 26.6 Å². The average molecular weight is 1280 g/mol. The first-order valence-electron chi connectivity index (χ1n) is 26.9. The molecule has 442 valence electrons. The lowest BCUT2D eigenvalue weighted by molar-refractivity contribution is -0.164. The molecule has 0 unspecified atom stereocenters. The molecule has 2 saturated carbocycles. The monoisotopic (exact) mass is 1280 g/mol. The summed E-state index contributed by atoms with van der Waals surface area (Å²) in [6, 6.07) is 26.6. The number of likely N-dealkylation sites (N-methyl/N-ethyl adjacent to an activating group) is 2. The maximum Gasteiger partial charge on any atom is 0.416 e. The summed E-state index contributed by atoms with van der Waals surface area (Å²) in [5.74, 6) is -12.1. The van der Waals surface area contributed by atoms with Gasteiger partial charge >= 0.3 is 6.18 Å². The third-order valence-electron chi connectivity index (χ3n) is 17.1. The molecule has 5 aromatic rings. The van der Waals surface area contributed by atoms with Crippen molar-refractivity contribution >= 4 is 69.1 Å². The van der Waals surface area contributed by atoms with Crippen LogP contribution in [0.2, 0.25) is 0 Å². The number of amides is 2. The van der Waals surface area contributed by atoms with Crippen LogP contribution in [-0.4, -0.2) is 127 Å². The highest BCUT2D eigenvalue weighted by Gasteiger charge is 2.67. The number of aromatic hydroxyl groups is 2. The van der Waals surface area contributed by atoms with Gasteiger partial charge in [0.2, 0.25) is 23.1 Å². The van der Waals surface area contributed by atoms with Crippen molar-refractivity contribution in [1.29, 1.82) is 0 Å². The number of primary amides is 2. The van der Waals surface area contributed by atoms with Crippen molar-refractivity contribution in [2.75, 3.05) is 28.2 Å². The van der Waals surface area contributed by atoms with Gasteiger partial charge in [-0.25, -0.2) is 0 Å². The maximum absolute atomic E-state index is 14.3. The number of carbonyl (C=O) groups is 6. The number of ether oxygens (including phenoxy) is 2. The van der Waals surface area contributed by atoms with Crippen molar-refractivity contribution in [3.63, 3.8) is 0 Å². The number of hydrogen-bond acceptors (Lipinski definition) is 16. The molecule has 5 aromatic carbocycles. The van der Waals surface area contributed by atoms with Gasteiger partial charge in [0.25, 0.3) is 11.8 Å². The number of aliphatic hydroxyl groups excluding tert-OH is 2. The molecule has 0 bridgehead atoms. The van der Waals surface area contributed by atoms with E-state index in [9.17, 15) is 72.6 Å². The zero-order valence-corrected chi connectivity index (χ0v) is 48.3. The fraction of sp³-hybridized carbons (Fsp3) is 0.302. The largest absolute Gasteiger partial charge is 0.507 e. The molecule has 85 heavy (non-hydrogen) atoms. The van der Waals surface area contributed by atoms with Crippen molar-refractivity contribution in [3.8, 4) is 22.6 Å². The second-order valence-electron chi connectivity index (χ2n) is 22.4. The Bertz CT molecular complexity index is 3790. The van der Waals surface area contributed by atoms with E-state index in [2.05, 4.69) is 22.6 Å². The van der Waals surface area contributed by atoms with E-state index >= 15 is 0 Å². The number of Topliss-reactive ketones (excluding diaryl/α,β-unsaturated/α-hetero) is 4. The summed E-state index contributed by atoms with van der Waals surface area (Å²) < 4.78 is 52.7. The van der Waals surface area contributed by atoms with Crippen LogP contribution in [0.4, 0.5) is 13.2 Å². The molecule has 0 heterocycles. The highest BCUT2D eigenvalue weighted by Crippen LogP contribution is 2.55. The molecule has 0 aromatic heterocycles. The molecule has 18 nitrogen and oxygen atoms in total. The van der Waals surface area contributed by atoms with Crippen LogP contribution in [0.3, 0.4) is 0 Å². The fourth-order valence-corrected chi connectivity index (χ4v) is 14.0. The molecule has 22 heteroatoms. The van der Waals surface area contributed by atoms with Gasteiger partial charge in [-0.2, -0.15) is 13.2 Å². The van der Waals surface area contributed by atoms with Crippen molar-refractivity contribution in [2.24, 2.45) is 35.1 Å². The fourth-order valence-electron chi connectivity index (χ4n) is 13.3. The summed E-state index contributed by atoms with van der Waals surface area (Å²) >= 11 is 2.11. The summed E-state index contributed by atoms with van der Waals surface area (Å²) in [5, 5.41) is 67.9. The molecule has 0 aliphatic heterocycles. The molecule has 11 rings (SSSR count). The standard InChI is InChI=1S/C35H31F3N2O7.C28H27IN2O7/c1-40(2)28-23-15-19-14-22-21(18-8-10-20(11-9-18)35(36,37)38)12-13-24(41)26(22)29(42)25(19)31(43)34(23,46)32(44)27(33(39)45)30(28)47-16-17-6-4-3-5-7-17;1-31(2)22-16-11-14-10-15-17(29)8-9-18(32)20(15)23(33)19(14)25(34)28(16,37)26(35)21(27(30)36)24(22)38-12-13-6-4-3-5-7-13/h3-13,19,23,28,41-42,46H,14-16H2,1-2H3,(H2,39,45);3-9,14,16,22,32-33,37H,10-12H2,1-2H3,(H2,30,36)/t19-,23-,28-,34-;14-,16-,22-,28-/m00/s1. The molecule has 8 atom stereocenters. The average Bonchev–Trinajstić information content (AvgIpc) is 0.739. The third-order valence-corrected chi connectivity index (χ3v) is 18.1. The number of phenolic OH excluding ortho intramolecular Hbond substituents is 2. The molecular formula is C63H58F3IN4O14. The van der Waals surface area contributed by atoms with Gasteiger partial charge in [-0.15, -0.1) is 0 Å². The predicted octanol–water partition coefficient (Wildman–Crippen LogP) is 6.54. The Morgan fingerprint density at radius 2 is 0.988 bits per heavy atom. The summed E-state index contributed by atoms with van der Waals surface area (Å²) in [5.41, 5.74) is 6.74. The number of nitrogens with two attached hydrogens (primary N) is 2. The maximum atomic E-state index is 14.3. The number of alkyl halides is 3. The van der Waals surface area contributed by atoms with Crippen LogP contribution in [0.1, 0.15) is 51.8 Å². The zero-order chi connectivity index (χ0) is 61.5. The van der Waals surface area contributed by atoms with Crippen LogP contribution in [0.15, 0.2) is 143 Å². The van der Waals surface area contributed by atoms with Crippen LogP contribution < -0.4 is 11.5 Å². The summed E-state index contributed by atoms with van der Waals surface area (Å²) in [7, 11) is 6.68. The van der Waals surface area contributed by atoms with Crippen LogP contribution in [-0.2, 0) is 70.5 Å². The van der Waals surface area contributed by atoms with E-state index < -0.39 is 122 Å². The third kappa shape index (κ3) is 9.95. The highest BCUT2D eigenvalue weighted by molar-refractivity contribution is 14.1. The number of ketones is 4. The first-order chi connectivity index (χ1) is 40.1. The van der Waals surface area contributed by atoms with Gasteiger partial charge in [0.1, 0.15) is 58.9 Å². The lowest BCUT2D eigenvalue weighted by Crippen LogP contribution is -2.67. The zero-order valence-electron chi connectivity index (χ0n) is 46.1. The molecule has 10 N–H and O–H groups in total. The van der Waals surface area contributed by atoms with E-state index in [0.29, 0.717) is 28.7 Å².